The summed E-state index contributed by atoms with van der Waals surface area (Å²) in [6, 6.07) is 0. The summed E-state index contributed by atoms with van der Waals surface area (Å²) in [5.74, 6) is 0. The second kappa shape index (κ2) is 24.3. The van der Waals surface area contributed by atoms with Gasteiger partial charge in [-0.05, 0) is 0 Å². The molecule has 0 atom stereocenters. The zero-order valence-corrected chi connectivity index (χ0v) is 5.57. The molecule has 0 saturated carbocycles. The summed E-state index contributed by atoms with van der Waals surface area (Å²) < 4.78 is 0. The molecular formula is H5KO3. The molecule has 0 bridgehead atoms. The van der Waals surface area contributed by atoms with Crippen LogP contribution in [0.15, 0.2) is 0 Å². The molecule has 0 aromatic rings. The van der Waals surface area contributed by atoms with Crippen LogP contribution in [0.5, 0.6) is 0 Å². The van der Waals surface area contributed by atoms with E-state index in [1.54, 1.807) is 0 Å². The first-order chi connectivity index (χ1) is 0. The van der Waals surface area contributed by atoms with Crippen LogP contribution in [0.1, 0.15) is 0 Å². The summed E-state index contributed by atoms with van der Waals surface area (Å²) in [7, 11) is 0. The van der Waals surface area contributed by atoms with E-state index in [0.29, 0.717) is 0 Å². The normalized spacial score (nSPS) is 0. The minimum atomic E-state index is 0. The Morgan fingerprint density at radius 1 is 0.750 bits per heavy atom. The zero-order chi connectivity index (χ0) is 0. The van der Waals surface area contributed by atoms with E-state index in [2.05, 4.69) is 0 Å². The SMILES string of the molecule is O.O.[K+].[OH-]. The van der Waals surface area contributed by atoms with Crippen molar-refractivity contribution < 1.29 is 67.8 Å². The van der Waals surface area contributed by atoms with Gasteiger partial charge in [0.2, 0.25) is 0 Å². The van der Waals surface area contributed by atoms with Crippen LogP contribution in [0.3, 0.4) is 0 Å². The number of rotatable bonds is 0. The predicted molar refractivity (Wildman–Crippen MR) is 9.16 cm³/mol. The van der Waals surface area contributed by atoms with Gasteiger partial charge in [0.25, 0.3) is 0 Å². The van der Waals surface area contributed by atoms with E-state index in [-0.39, 0.29) is 67.8 Å². The summed E-state index contributed by atoms with van der Waals surface area (Å²) >= 11 is 0. The van der Waals surface area contributed by atoms with Gasteiger partial charge < -0.3 is 16.4 Å². The van der Waals surface area contributed by atoms with E-state index in [1.165, 1.54) is 0 Å². The molecule has 0 aromatic carbocycles. The van der Waals surface area contributed by atoms with Gasteiger partial charge >= 0.3 is 51.4 Å². The summed E-state index contributed by atoms with van der Waals surface area (Å²) in [4.78, 5) is 0. The molecule has 0 heterocycles. The minimum Gasteiger partial charge on any atom is -0.870 e. The third kappa shape index (κ3) is 9.68. The molecular weight excluding hydrogens is 87.1 g/mol. The molecule has 0 rings (SSSR count). The van der Waals surface area contributed by atoms with Gasteiger partial charge in [0.05, 0.1) is 0 Å². The van der Waals surface area contributed by atoms with Crippen LogP contribution in [0.2, 0.25) is 0 Å². The van der Waals surface area contributed by atoms with E-state index < -0.39 is 0 Å². The van der Waals surface area contributed by atoms with Crippen molar-refractivity contribution in [2.24, 2.45) is 0 Å². The van der Waals surface area contributed by atoms with Crippen molar-refractivity contribution in [1.29, 1.82) is 0 Å². The Balaban J connectivity index is 0. The van der Waals surface area contributed by atoms with E-state index in [4.69, 9.17) is 0 Å². The van der Waals surface area contributed by atoms with Gasteiger partial charge in [-0.25, -0.2) is 0 Å². The van der Waals surface area contributed by atoms with E-state index >= 15 is 0 Å². The molecule has 0 spiro atoms. The Morgan fingerprint density at radius 3 is 0.750 bits per heavy atom. The Labute approximate surface area is 66.7 Å². The molecule has 0 aliphatic rings. The van der Waals surface area contributed by atoms with Gasteiger partial charge in [0.1, 0.15) is 0 Å². The van der Waals surface area contributed by atoms with Crippen molar-refractivity contribution in [3.63, 3.8) is 0 Å². The molecule has 3 nitrogen and oxygen atoms in total. The third-order valence-corrected chi connectivity index (χ3v) is 0. The molecule has 5 N–H and O–H groups in total. The fourth-order valence-corrected chi connectivity index (χ4v) is 0. The first-order valence-corrected chi connectivity index (χ1v) is 0. The third-order valence-electron chi connectivity index (χ3n) is 0. The molecule has 0 aliphatic carbocycles. The second-order valence-corrected chi connectivity index (χ2v) is 0. The summed E-state index contributed by atoms with van der Waals surface area (Å²) in [6.45, 7) is 0. The van der Waals surface area contributed by atoms with Gasteiger partial charge in [-0.15, -0.1) is 0 Å². The maximum atomic E-state index is 0. The second-order valence-electron chi connectivity index (χ2n) is 0. The van der Waals surface area contributed by atoms with E-state index in [0.717, 1.165) is 0 Å². The van der Waals surface area contributed by atoms with E-state index in [1.807, 2.05) is 0 Å². The van der Waals surface area contributed by atoms with Crippen LogP contribution >= 0.6 is 0 Å². The molecule has 0 aliphatic heterocycles. The summed E-state index contributed by atoms with van der Waals surface area (Å²) in [5, 5.41) is 0. The molecule has 4 heteroatoms. The van der Waals surface area contributed by atoms with Gasteiger partial charge in [-0.3, -0.25) is 0 Å². The fraction of sp³-hybridized carbons (Fsp3) is 0. The topological polar surface area (TPSA) is 93.0 Å². The average molecular weight is 92.1 g/mol. The first-order valence-electron chi connectivity index (χ1n) is 0. The van der Waals surface area contributed by atoms with Crippen molar-refractivity contribution in [3.8, 4) is 0 Å². The van der Waals surface area contributed by atoms with Crippen LogP contribution in [-0.2, 0) is 0 Å². The van der Waals surface area contributed by atoms with Gasteiger partial charge in [0.15, 0.2) is 0 Å². The maximum absolute atomic E-state index is 0. The van der Waals surface area contributed by atoms with Crippen molar-refractivity contribution in [2.45, 2.75) is 0 Å². The quantitative estimate of drug-likeness (QED) is 0.275. The Morgan fingerprint density at radius 2 is 0.750 bits per heavy atom. The molecule has 0 fully saturated rings. The van der Waals surface area contributed by atoms with Crippen LogP contribution in [0.4, 0.5) is 0 Å². The fourth-order valence-electron chi connectivity index (χ4n) is 0. The van der Waals surface area contributed by atoms with Gasteiger partial charge in [-0.2, -0.15) is 0 Å². The minimum absolute atomic E-state index is 0. The first kappa shape index (κ1) is 48.9. The molecule has 0 saturated heterocycles. The van der Waals surface area contributed by atoms with Crippen LogP contribution in [0.25, 0.3) is 0 Å². The Hall–Kier alpha value is 1.52. The predicted octanol–water partition coefficient (Wildman–Crippen LogP) is -4.82. The molecule has 0 radical (unpaired) electrons. The van der Waals surface area contributed by atoms with Crippen molar-refractivity contribution in [1.82, 2.24) is 0 Å². The van der Waals surface area contributed by atoms with Crippen LogP contribution in [-0.4, -0.2) is 16.4 Å². The maximum Gasteiger partial charge on any atom is 1.00 e. The zero-order valence-electron chi connectivity index (χ0n) is 2.45. The Kier molecular flexibility index (Phi) is 297. The van der Waals surface area contributed by atoms with Crippen molar-refractivity contribution in [3.05, 3.63) is 0 Å². The molecule has 0 aromatic heterocycles. The monoisotopic (exact) mass is 92.0 g/mol. The Bertz CT molecular complexity index is 3.25. The molecule has 24 valence electrons. The largest absolute Gasteiger partial charge is 1.00 e. The molecule has 0 amide bonds. The summed E-state index contributed by atoms with van der Waals surface area (Å²) in [6.07, 6.45) is 0. The van der Waals surface area contributed by atoms with Crippen LogP contribution < -0.4 is 51.4 Å². The molecule has 4 heavy (non-hydrogen) atoms. The number of hydrogen-bond acceptors (Lipinski definition) is 1. The van der Waals surface area contributed by atoms with Crippen molar-refractivity contribution in [2.75, 3.05) is 0 Å². The van der Waals surface area contributed by atoms with Gasteiger partial charge in [-0.1, -0.05) is 0 Å². The standard InChI is InChI=1S/K.3H2O/h;3*1H2/q+1;;;/p-1. The summed E-state index contributed by atoms with van der Waals surface area (Å²) in [5.41, 5.74) is 0. The number of hydrogen-bond donors (Lipinski definition) is 0. The van der Waals surface area contributed by atoms with Gasteiger partial charge in [0, 0.05) is 0 Å². The smallest absolute Gasteiger partial charge is 0.870 e. The van der Waals surface area contributed by atoms with Crippen LogP contribution in [0, 0.1) is 0 Å². The molecule has 0 unspecified atom stereocenters. The van der Waals surface area contributed by atoms with E-state index in [9.17, 15) is 0 Å². The average Bonchev–Trinajstić information content (AvgIpc) is 0. The van der Waals surface area contributed by atoms with Crippen molar-refractivity contribution >= 4 is 0 Å².